The number of nitrogens with two attached hydrogens (primary N) is 1. The molecule has 0 bridgehead atoms. The molecule has 0 fully saturated rings. The Hall–Kier alpha value is -0.410. The van der Waals surface area contributed by atoms with Gasteiger partial charge in [0.05, 0.1) is 15.2 Å². The maximum Gasteiger partial charge on any atom is 0.244 e. The Labute approximate surface area is 130 Å². The van der Waals surface area contributed by atoms with Crippen LogP contribution in [-0.4, -0.2) is 25.7 Å². The van der Waals surface area contributed by atoms with Crippen molar-refractivity contribution in [3.63, 3.8) is 0 Å². The summed E-state index contributed by atoms with van der Waals surface area (Å²) in [6.07, 6.45) is 0.174. The van der Waals surface area contributed by atoms with E-state index in [0.29, 0.717) is 0 Å². The van der Waals surface area contributed by atoms with Gasteiger partial charge < -0.3 is 10.8 Å². The molecule has 0 spiro atoms. The summed E-state index contributed by atoms with van der Waals surface area (Å²) < 4.78 is 40.8. The lowest BCUT2D eigenvalue weighted by atomic mass is 10.0. The normalized spacial score (nSPS) is 12.7. The minimum Gasteiger partial charge on any atom is -0.396 e. The molecule has 1 aromatic carbocycles. The summed E-state index contributed by atoms with van der Waals surface area (Å²) >= 11 is 8.78. The second kappa shape index (κ2) is 6.15. The van der Waals surface area contributed by atoms with Crippen molar-refractivity contribution < 1.29 is 17.9 Å². The van der Waals surface area contributed by atoms with Gasteiger partial charge in [-0.1, -0.05) is 11.6 Å². The van der Waals surface area contributed by atoms with Crippen molar-refractivity contribution in [2.75, 3.05) is 12.3 Å². The number of aliphatic hydroxyl groups is 1. The molecule has 0 aliphatic heterocycles. The molecule has 0 heterocycles. The van der Waals surface area contributed by atoms with Gasteiger partial charge in [-0.05, 0) is 42.3 Å². The summed E-state index contributed by atoms with van der Waals surface area (Å²) in [6.45, 7) is 2.94. The van der Waals surface area contributed by atoms with Crippen LogP contribution >= 0.6 is 27.5 Å². The van der Waals surface area contributed by atoms with Gasteiger partial charge in [-0.25, -0.2) is 17.5 Å². The van der Waals surface area contributed by atoms with Crippen LogP contribution in [0.4, 0.5) is 10.1 Å². The Balaban J connectivity index is 3.31. The van der Waals surface area contributed by atoms with Gasteiger partial charge >= 0.3 is 0 Å². The van der Waals surface area contributed by atoms with E-state index in [4.69, 9.17) is 22.4 Å². The molecule has 4 N–H and O–H groups in total. The summed E-state index contributed by atoms with van der Waals surface area (Å²) in [7, 11) is -4.15. The molecule has 0 amide bonds. The van der Waals surface area contributed by atoms with Gasteiger partial charge in [-0.2, -0.15) is 0 Å². The van der Waals surface area contributed by atoms with E-state index in [-0.39, 0.29) is 28.2 Å². The number of nitrogens with one attached hydrogen (secondary N) is 1. The van der Waals surface area contributed by atoms with Crippen LogP contribution in [0.2, 0.25) is 5.02 Å². The lowest BCUT2D eigenvalue weighted by Gasteiger charge is -2.25. The molecule has 0 saturated carbocycles. The highest BCUT2D eigenvalue weighted by Gasteiger charge is 2.30. The number of benzene rings is 1. The van der Waals surface area contributed by atoms with Gasteiger partial charge in [0.25, 0.3) is 0 Å². The predicted octanol–water partition coefficient (Wildman–Crippen LogP) is 2.26. The molecule has 0 aliphatic rings. The highest BCUT2D eigenvalue weighted by Crippen LogP contribution is 2.35. The zero-order chi connectivity index (χ0) is 15.7. The SMILES string of the molecule is CC(C)(CCO)NS(=O)(=O)c1cc(Cl)c(Br)c(N)c1F. The average molecular weight is 390 g/mol. The Morgan fingerprint density at radius 3 is 2.60 bits per heavy atom. The third-order valence-electron chi connectivity index (χ3n) is 2.59. The topological polar surface area (TPSA) is 92.4 Å². The maximum atomic E-state index is 14.0. The lowest BCUT2D eigenvalue weighted by molar-refractivity contribution is 0.245. The molecule has 0 aromatic heterocycles. The van der Waals surface area contributed by atoms with E-state index in [1.165, 1.54) is 0 Å². The van der Waals surface area contributed by atoms with Gasteiger partial charge in [0.1, 0.15) is 4.90 Å². The van der Waals surface area contributed by atoms with Crippen molar-refractivity contribution in [2.24, 2.45) is 0 Å². The van der Waals surface area contributed by atoms with E-state index in [1.807, 2.05) is 0 Å². The predicted molar refractivity (Wildman–Crippen MR) is 79.6 cm³/mol. The number of sulfonamides is 1. The van der Waals surface area contributed by atoms with Crippen molar-refractivity contribution in [1.82, 2.24) is 4.72 Å². The largest absolute Gasteiger partial charge is 0.396 e. The molecule has 0 atom stereocenters. The van der Waals surface area contributed by atoms with Crippen LogP contribution < -0.4 is 10.5 Å². The van der Waals surface area contributed by atoms with Crippen LogP contribution in [0.3, 0.4) is 0 Å². The average Bonchev–Trinajstić information content (AvgIpc) is 2.29. The van der Waals surface area contributed by atoms with Crippen LogP contribution in [0.15, 0.2) is 15.4 Å². The van der Waals surface area contributed by atoms with Crippen molar-refractivity contribution in [3.8, 4) is 0 Å². The first-order chi connectivity index (χ1) is 9.02. The van der Waals surface area contributed by atoms with Gasteiger partial charge in [-0.3, -0.25) is 0 Å². The molecule has 5 nitrogen and oxygen atoms in total. The first kappa shape index (κ1) is 17.6. The van der Waals surface area contributed by atoms with E-state index in [2.05, 4.69) is 20.7 Å². The molecule has 0 unspecified atom stereocenters. The lowest BCUT2D eigenvalue weighted by Crippen LogP contribution is -2.44. The van der Waals surface area contributed by atoms with E-state index < -0.39 is 26.3 Å². The first-order valence-electron chi connectivity index (χ1n) is 5.59. The molecular weight excluding hydrogens is 375 g/mol. The van der Waals surface area contributed by atoms with Gasteiger partial charge in [-0.15, -0.1) is 0 Å². The van der Waals surface area contributed by atoms with Crippen molar-refractivity contribution in [2.45, 2.75) is 30.7 Å². The molecule has 0 aliphatic carbocycles. The van der Waals surface area contributed by atoms with Crippen LogP contribution in [0.25, 0.3) is 0 Å². The van der Waals surface area contributed by atoms with Crippen LogP contribution in [-0.2, 0) is 10.0 Å². The summed E-state index contributed by atoms with van der Waals surface area (Å²) in [5.41, 5.74) is 4.15. The number of aliphatic hydroxyl groups excluding tert-OH is 1. The number of hydrogen-bond donors (Lipinski definition) is 3. The monoisotopic (exact) mass is 388 g/mol. The standard InChI is InChI=1S/C11H15BrClFN2O3S/c1-11(2,3-4-17)16-20(18,19)7-5-6(13)8(12)10(15)9(7)14/h5,16-17H,3-4,15H2,1-2H3. The molecule has 1 aromatic rings. The molecule has 0 saturated heterocycles. The Morgan fingerprint density at radius 2 is 2.10 bits per heavy atom. The van der Waals surface area contributed by atoms with Crippen LogP contribution in [0, 0.1) is 5.82 Å². The van der Waals surface area contributed by atoms with Crippen molar-refractivity contribution >= 4 is 43.2 Å². The van der Waals surface area contributed by atoms with Gasteiger partial charge in [0.15, 0.2) is 5.82 Å². The number of anilines is 1. The molecular formula is C11H15BrClFN2O3S. The third kappa shape index (κ3) is 3.82. The summed E-state index contributed by atoms with van der Waals surface area (Å²) in [6, 6.07) is 0.981. The minimum atomic E-state index is -4.15. The van der Waals surface area contributed by atoms with Crippen molar-refractivity contribution in [3.05, 3.63) is 21.4 Å². The van der Waals surface area contributed by atoms with E-state index in [9.17, 15) is 12.8 Å². The van der Waals surface area contributed by atoms with E-state index in [0.717, 1.165) is 6.07 Å². The molecule has 20 heavy (non-hydrogen) atoms. The number of nitrogen functional groups attached to an aromatic ring is 1. The van der Waals surface area contributed by atoms with E-state index >= 15 is 0 Å². The van der Waals surface area contributed by atoms with Gasteiger partial charge in [0, 0.05) is 12.1 Å². The zero-order valence-electron chi connectivity index (χ0n) is 10.9. The minimum absolute atomic E-state index is 0.00996. The van der Waals surface area contributed by atoms with Gasteiger partial charge in [0.2, 0.25) is 10.0 Å². The Bertz CT molecular complexity index is 623. The Morgan fingerprint density at radius 1 is 1.55 bits per heavy atom. The summed E-state index contributed by atoms with van der Waals surface area (Å²) in [5.74, 6) is -1.08. The molecule has 114 valence electrons. The fourth-order valence-corrected chi connectivity index (χ4v) is 3.67. The van der Waals surface area contributed by atoms with Crippen LogP contribution in [0.5, 0.6) is 0 Å². The molecule has 1 rings (SSSR count). The molecule has 9 heteroatoms. The zero-order valence-corrected chi connectivity index (χ0v) is 14.0. The highest BCUT2D eigenvalue weighted by molar-refractivity contribution is 9.10. The van der Waals surface area contributed by atoms with E-state index in [1.54, 1.807) is 13.8 Å². The number of halogens is 3. The fourth-order valence-electron chi connectivity index (χ4n) is 1.54. The summed E-state index contributed by atoms with van der Waals surface area (Å²) in [5, 5.41) is 8.88. The maximum absolute atomic E-state index is 14.0. The Kier molecular flexibility index (Phi) is 5.42. The number of rotatable bonds is 5. The molecule has 0 radical (unpaired) electrons. The highest BCUT2D eigenvalue weighted by atomic mass is 79.9. The number of hydrogen-bond acceptors (Lipinski definition) is 4. The van der Waals surface area contributed by atoms with Crippen molar-refractivity contribution in [1.29, 1.82) is 0 Å². The summed E-state index contributed by atoms with van der Waals surface area (Å²) in [4.78, 5) is -0.630. The first-order valence-corrected chi connectivity index (χ1v) is 8.25. The second-order valence-corrected chi connectivity index (χ2v) is 7.71. The smallest absolute Gasteiger partial charge is 0.244 e. The fraction of sp³-hybridized carbons (Fsp3) is 0.455. The third-order valence-corrected chi connectivity index (χ3v) is 5.67. The second-order valence-electron chi connectivity index (χ2n) is 4.86. The quantitative estimate of drug-likeness (QED) is 0.532. The van der Waals surface area contributed by atoms with Crippen LogP contribution in [0.1, 0.15) is 20.3 Å².